The highest BCUT2D eigenvalue weighted by atomic mass is 32.2. The fourth-order valence-corrected chi connectivity index (χ4v) is 4.71. The third-order valence-electron chi connectivity index (χ3n) is 5.02. The van der Waals surface area contributed by atoms with Gasteiger partial charge in [0.15, 0.2) is 9.84 Å². The Morgan fingerprint density at radius 3 is 2.12 bits per heavy atom. The van der Waals surface area contributed by atoms with Crippen molar-refractivity contribution in [3.8, 4) is 0 Å². The molecule has 1 aliphatic heterocycles. The summed E-state index contributed by atoms with van der Waals surface area (Å²) in [7, 11) is -3.39. The maximum Gasteiger partial charge on any atom is 0.223 e. The van der Waals surface area contributed by atoms with Gasteiger partial charge in [-0.2, -0.15) is 0 Å². The molecule has 2 aromatic rings. The molecule has 1 saturated heterocycles. The van der Waals surface area contributed by atoms with Crippen molar-refractivity contribution >= 4 is 15.7 Å². The molecular weight excluding hydrogens is 346 g/mol. The van der Waals surface area contributed by atoms with Crippen LogP contribution < -0.4 is 0 Å². The quantitative estimate of drug-likeness (QED) is 0.783. The van der Waals surface area contributed by atoms with Crippen molar-refractivity contribution in [2.45, 2.75) is 30.6 Å². The van der Waals surface area contributed by atoms with Crippen LogP contribution in [0.1, 0.15) is 24.8 Å². The summed E-state index contributed by atoms with van der Waals surface area (Å²) >= 11 is 0. The van der Waals surface area contributed by atoms with Gasteiger partial charge >= 0.3 is 0 Å². The number of hydrogen-bond acceptors (Lipinski definition) is 3. The van der Waals surface area contributed by atoms with Gasteiger partial charge in [-0.05, 0) is 42.9 Å². The lowest BCUT2D eigenvalue weighted by molar-refractivity contribution is -0.132. The fourth-order valence-electron chi connectivity index (χ4n) is 3.46. The van der Waals surface area contributed by atoms with Crippen LogP contribution in [0.25, 0.3) is 0 Å². The number of amides is 1. The molecule has 0 bridgehead atoms. The van der Waals surface area contributed by atoms with E-state index >= 15 is 0 Å². The molecule has 0 spiro atoms. The SMILES string of the molecule is O=C(CCS(=O)(=O)c1ccccc1)N1CCC(Cc2ccccc2)CC1. The molecule has 3 rings (SSSR count). The number of likely N-dealkylation sites (tertiary alicyclic amines) is 1. The van der Waals surface area contributed by atoms with Crippen molar-refractivity contribution in [1.29, 1.82) is 0 Å². The van der Waals surface area contributed by atoms with E-state index in [1.807, 2.05) is 11.0 Å². The lowest BCUT2D eigenvalue weighted by Crippen LogP contribution is -2.39. The van der Waals surface area contributed by atoms with Gasteiger partial charge in [-0.1, -0.05) is 48.5 Å². The van der Waals surface area contributed by atoms with Crippen molar-refractivity contribution in [2.24, 2.45) is 5.92 Å². The molecule has 1 heterocycles. The summed E-state index contributed by atoms with van der Waals surface area (Å²) in [6.07, 6.45) is 3.06. The zero-order valence-corrected chi connectivity index (χ0v) is 15.7. The van der Waals surface area contributed by atoms with E-state index in [-0.39, 0.29) is 23.0 Å². The van der Waals surface area contributed by atoms with Gasteiger partial charge in [0.2, 0.25) is 5.91 Å². The maximum atomic E-state index is 12.4. The molecule has 1 amide bonds. The van der Waals surface area contributed by atoms with E-state index in [9.17, 15) is 13.2 Å². The van der Waals surface area contributed by atoms with E-state index in [0.29, 0.717) is 5.92 Å². The first-order chi connectivity index (χ1) is 12.5. The first-order valence-electron chi connectivity index (χ1n) is 9.14. The lowest BCUT2D eigenvalue weighted by atomic mass is 9.90. The number of sulfone groups is 1. The molecule has 0 N–H and O–H groups in total. The van der Waals surface area contributed by atoms with Crippen LogP contribution in [0.5, 0.6) is 0 Å². The number of piperidine rings is 1. The van der Waals surface area contributed by atoms with Gasteiger partial charge < -0.3 is 4.90 Å². The molecule has 2 aromatic carbocycles. The van der Waals surface area contributed by atoms with Crippen LogP contribution in [0.2, 0.25) is 0 Å². The van der Waals surface area contributed by atoms with Crippen molar-refractivity contribution in [2.75, 3.05) is 18.8 Å². The molecule has 0 atom stereocenters. The summed E-state index contributed by atoms with van der Waals surface area (Å²) in [5.41, 5.74) is 1.34. The molecule has 138 valence electrons. The Morgan fingerprint density at radius 1 is 0.923 bits per heavy atom. The molecule has 0 aromatic heterocycles. The van der Waals surface area contributed by atoms with Gasteiger partial charge in [-0.3, -0.25) is 4.79 Å². The zero-order valence-electron chi connectivity index (χ0n) is 14.9. The second-order valence-electron chi connectivity index (χ2n) is 6.90. The van der Waals surface area contributed by atoms with E-state index < -0.39 is 9.84 Å². The van der Waals surface area contributed by atoms with Crippen molar-refractivity contribution in [3.05, 3.63) is 66.2 Å². The summed E-state index contributed by atoms with van der Waals surface area (Å²) < 4.78 is 24.6. The van der Waals surface area contributed by atoms with Crippen LogP contribution in [0, 0.1) is 5.92 Å². The number of hydrogen-bond donors (Lipinski definition) is 0. The van der Waals surface area contributed by atoms with Gasteiger partial charge in [0.1, 0.15) is 0 Å². The first-order valence-corrected chi connectivity index (χ1v) is 10.8. The van der Waals surface area contributed by atoms with Gasteiger partial charge in [0.25, 0.3) is 0 Å². The Balaban J connectivity index is 1.47. The summed E-state index contributed by atoms with van der Waals surface area (Å²) in [6.45, 7) is 1.45. The Kier molecular flexibility index (Phi) is 6.09. The predicted octanol–water partition coefficient (Wildman–Crippen LogP) is 3.33. The Bertz CT molecular complexity index is 811. The van der Waals surface area contributed by atoms with E-state index in [4.69, 9.17) is 0 Å². The number of carbonyl (C=O) groups is 1. The van der Waals surface area contributed by atoms with E-state index in [1.165, 1.54) is 5.56 Å². The molecule has 1 aliphatic rings. The van der Waals surface area contributed by atoms with Crippen LogP contribution in [-0.2, 0) is 21.1 Å². The summed E-state index contributed by atoms with van der Waals surface area (Å²) in [6, 6.07) is 18.8. The standard InChI is InChI=1S/C21H25NO3S/c23-21(13-16-26(24,25)20-9-5-2-6-10-20)22-14-11-19(12-15-22)17-18-7-3-1-4-8-18/h1-10,19H,11-17H2. The Labute approximate surface area is 155 Å². The fraction of sp³-hybridized carbons (Fsp3) is 0.381. The van der Waals surface area contributed by atoms with Crippen LogP contribution in [0.4, 0.5) is 0 Å². The molecule has 0 unspecified atom stereocenters. The highest BCUT2D eigenvalue weighted by Crippen LogP contribution is 2.22. The monoisotopic (exact) mass is 371 g/mol. The minimum Gasteiger partial charge on any atom is -0.343 e. The second-order valence-corrected chi connectivity index (χ2v) is 9.00. The number of nitrogens with zero attached hydrogens (tertiary/aromatic N) is 1. The summed E-state index contributed by atoms with van der Waals surface area (Å²) in [4.78, 5) is 14.5. The summed E-state index contributed by atoms with van der Waals surface area (Å²) in [5.74, 6) is 0.414. The Morgan fingerprint density at radius 2 is 1.50 bits per heavy atom. The zero-order chi connectivity index (χ0) is 18.4. The topological polar surface area (TPSA) is 54.5 Å². The van der Waals surface area contributed by atoms with Gasteiger partial charge in [0.05, 0.1) is 10.6 Å². The minimum absolute atomic E-state index is 0.0531. The average molecular weight is 372 g/mol. The minimum atomic E-state index is -3.39. The van der Waals surface area contributed by atoms with E-state index in [2.05, 4.69) is 24.3 Å². The normalized spacial score (nSPS) is 15.8. The smallest absolute Gasteiger partial charge is 0.223 e. The van der Waals surface area contributed by atoms with Crippen LogP contribution >= 0.6 is 0 Å². The van der Waals surface area contributed by atoms with E-state index in [0.717, 1.165) is 32.4 Å². The molecule has 0 radical (unpaired) electrons. The number of rotatable bonds is 6. The maximum absolute atomic E-state index is 12.4. The van der Waals surface area contributed by atoms with Crippen LogP contribution in [0.15, 0.2) is 65.6 Å². The second kappa shape index (κ2) is 8.49. The van der Waals surface area contributed by atoms with E-state index in [1.54, 1.807) is 30.3 Å². The average Bonchev–Trinajstić information content (AvgIpc) is 2.68. The van der Waals surface area contributed by atoms with Gasteiger partial charge in [-0.15, -0.1) is 0 Å². The highest BCUT2D eigenvalue weighted by Gasteiger charge is 2.24. The van der Waals surface area contributed by atoms with Crippen molar-refractivity contribution in [1.82, 2.24) is 4.90 Å². The largest absolute Gasteiger partial charge is 0.343 e. The highest BCUT2D eigenvalue weighted by molar-refractivity contribution is 7.91. The Hall–Kier alpha value is -2.14. The summed E-state index contributed by atoms with van der Waals surface area (Å²) in [5, 5.41) is 0. The van der Waals surface area contributed by atoms with Crippen molar-refractivity contribution < 1.29 is 13.2 Å². The molecule has 0 aliphatic carbocycles. The lowest BCUT2D eigenvalue weighted by Gasteiger charge is -2.32. The molecule has 5 heteroatoms. The third-order valence-corrected chi connectivity index (χ3v) is 6.75. The number of benzene rings is 2. The molecule has 4 nitrogen and oxygen atoms in total. The third kappa shape index (κ3) is 4.94. The molecule has 1 fully saturated rings. The van der Waals surface area contributed by atoms with Crippen LogP contribution in [0.3, 0.4) is 0 Å². The van der Waals surface area contributed by atoms with Crippen molar-refractivity contribution in [3.63, 3.8) is 0 Å². The number of carbonyl (C=O) groups excluding carboxylic acids is 1. The van der Waals surface area contributed by atoms with Crippen LogP contribution in [-0.4, -0.2) is 38.1 Å². The van der Waals surface area contributed by atoms with Gasteiger partial charge in [0, 0.05) is 19.5 Å². The van der Waals surface area contributed by atoms with Gasteiger partial charge in [-0.25, -0.2) is 8.42 Å². The molecule has 0 saturated carbocycles. The molecular formula is C21H25NO3S. The molecule has 26 heavy (non-hydrogen) atoms. The predicted molar refractivity (Wildman–Crippen MR) is 103 cm³/mol. The first kappa shape index (κ1) is 18.6.